The van der Waals surface area contributed by atoms with Gasteiger partial charge in [-0.25, -0.2) is 0 Å². The normalized spacial score (nSPS) is 26.1. The SMILES string of the molecule is CC(C)N1CCC[C@@]2(CCN(Cc3nc(C(F)(F)F)no3)C2)C1=O. The van der Waals surface area contributed by atoms with E-state index in [1.54, 1.807) is 0 Å². The Morgan fingerprint density at radius 2 is 2.04 bits per heavy atom. The molecule has 1 aromatic rings. The van der Waals surface area contributed by atoms with Crippen molar-refractivity contribution in [3.63, 3.8) is 0 Å². The van der Waals surface area contributed by atoms with E-state index >= 15 is 0 Å². The molecule has 0 N–H and O–H groups in total. The molecule has 2 saturated heterocycles. The second-order valence-corrected chi connectivity index (χ2v) is 6.95. The fourth-order valence-electron chi connectivity index (χ4n) is 3.69. The van der Waals surface area contributed by atoms with Crippen LogP contribution < -0.4 is 0 Å². The van der Waals surface area contributed by atoms with Gasteiger partial charge in [-0.15, -0.1) is 0 Å². The lowest BCUT2D eigenvalue weighted by molar-refractivity contribution is -0.147. The van der Waals surface area contributed by atoms with Crippen molar-refractivity contribution >= 4 is 5.91 Å². The highest BCUT2D eigenvalue weighted by Crippen LogP contribution is 2.41. The second-order valence-electron chi connectivity index (χ2n) is 6.95. The van der Waals surface area contributed by atoms with Crippen LogP contribution in [0.3, 0.4) is 0 Å². The zero-order valence-electron chi connectivity index (χ0n) is 13.8. The molecule has 1 amide bonds. The molecule has 6 nitrogen and oxygen atoms in total. The second kappa shape index (κ2) is 6.02. The van der Waals surface area contributed by atoms with Gasteiger partial charge < -0.3 is 9.42 Å². The number of nitrogens with zero attached hydrogens (tertiary/aromatic N) is 4. The summed E-state index contributed by atoms with van der Waals surface area (Å²) in [4.78, 5) is 20.1. The molecule has 1 aromatic heterocycles. The van der Waals surface area contributed by atoms with Gasteiger partial charge in [-0.2, -0.15) is 18.2 Å². The van der Waals surface area contributed by atoms with Crippen molar-refractivity contribution in [3.8, 4) is 0 Å². The van der Waals surface area contributed by atoms with E-state index in [1.807, 2.05) is 23.6 Å². The summed E-state index contributed by atoms with van der Waals surface area (Å²) in [7, 11) is 0. The number of piperidine rings is 1. The van der Waals surface area contributed by atoms with Crippen LogP contribution in [0.15, 0.2) is 4.52 Å². The first kappa shape index (κ1) is 17.2. The first-order valence-electron chi connectivity index (χ1n) is 8.14. The largest absolute Gasteiger partial charge is 0.455 e. The Morgan fingerprint density at radius 1 is 1.29 bits per heavy atom. The van der Waals surface area contributed by atoms with Gasteiger partial charge in [0.25, 0.3) is 5.82 Å². The Morgan fingerprint density at radius 3 is 2.67 bits per heavy atom. The maximum atomic E-state index is 12.8. The molecule has 0 bridgehead atoms. The maximum Gasteiger partial charge on any atom is 0.455 e. The molecule has 0 aromatic carbocycles. The summed E-state index contributed by atoms with van der Waals surface area (Å²) < 4.78 is 42.3. The lowest BCUT2D eigenvalue weighted by Crippen LogP contribution is -2.52. The molecule has 24 heavy (non-hydrogen) atoms. The van der Waals surface area contributed by atoms with Gasteiger partial charge in [0.1, 0.15) is 0 Å². The van der Waals surface area contributed by atoms with Crippen LogP contribution in [-0.4, -0.2) is 51.5 Å². The number of carbonyl (C=O) groups is 1. The number of aromatic nitrogens is 2. The topological polar surface area (TPSA) is 62.5 Å². The fraction of sp³-hybridized carbons (Fsp3) is 0.800. The molecule has 0 aliphatic carbocycles. The molecular weight excluding hydrogens is 325 g/mol. The van der Waals surface area contributed by atoms with Crippen molar-refractivity contribution in [2.45, 2.75) is 51.9 Å². The van der Waals surface area contributed by atoms with Crippen LogP contribution in [0.25, 0.3) is 0 Å². The lowest BCUT2D eigenvalue weighted by Gasteiger charge is -2.41. The van der Waals surface area contributed by atoms with Gasteiger partial charge in [-0.1, -0.05) is 5.16 Å². The van der Waals surface area contributed by atoms with E-state index < -0.39 is 17.4 Å². The monoisotopic (exact) mass is 346 g/mol. The maximum absolute atomic E-state index is 12.8. The van der Waals surface area contributed by atoms with E-state index in [9.17, 15) is 18.0 Å². The van der Waals surface area contributed by atoms with Gasteiger partial charge >= 0.3 is 6.18 Å². The number of halogens is 3. The van der Waals surface area contributed by atoms with Crippen LogP contribution in [0.2, 0.25) is 0 Å². The summed E-state index contributed by atoms with van der Waals surface area (Å²) in [5, 5.41) is 2.97. The van der Waals surface area contributed by atoms with Crippen molar-refractivity contribution in [2.24, 2.45) is 5.41 Å². The van der Waals surface area contributed by atoms with Gasteiger partial charge in [-0.3, -0.25) is 9.69 Å². The third-order valence-electron chi connectivity index (χ3n) is 4.91. The number of rotatable bonds is 3. The predicted octanol–water partition coefficient (Wildman–Crippen LogP) is 2.31. The standard InChI is InChI=1S/C15H21F3N4O2/c1-10(2)22-6-3-4-14(13(22)23)5-7-21(9-14)8-11-19-12(20-24-11)15(16,17)18/h10H,3-9H2,1-2H3/t14-/m0/s1. The van der Waals surface area contributed by atoms with Crippen molar-refractivity contribution in [1.82, 2.24) is 19.9 Å². The highest BCUT2D eigenvalue weighted by atomic mass is 19.4. The molecule has 3 rings (SSSR count). The van der Waals surface area contributed by atoms with E-state index in [2.05, 4.69) is 10.1 Å². The zero-order chi connectivity index (χ0) is 17.5. The highest BCUT2D eigenvalue weighted by Gasteiger charge is 2.49. The first-order valence-corrected chi connectivity index (χ1v) is 8.14. The predicted molar refractivity (Wildman–Crippen MR) is 77.7 cm³/mol. The molecule has 134 valence electrons. The molecule has 3 heterocycles. The molecule has 2 aliphatic heterocycles. The molecule has 1 atom stereocenters. The van der Waals surface area contributed by atoms with Crippen molar-refractivity contribution in [1.29, 1.82) is 0 Å². The lowest BCUT2D eigenvalue weighted by atomic mass is 9.78. The minimum absolute atomic E-state index is 0.0663. The van der Waals surface area contributed by atoms with Crippen molar-refractivity contribution in [3.05, 3.63) is 11.7 Å². The summed E-state index contributed by atoms with van der Waals surface area (Å²) in [6.45, 7) is 6.08. The van der Waals surface area contributed by atoms with Crippen LogP contribution in [0.1, 0.15) is 44.8 Å². The van der Waals surface area contributed by atoms with Crippen LogP contribution >= 0.6 is 0 Å². The third kappa shape index (κ3) is 3.13. The molecule has 2 fully saturated rings. The summed E-state index contributed by atoms with van der Waals surface area (Å²) in [5.41, 5.74) is -0.421. The van der Waals surface area contributed by atoms with Gasteiger partial charge in [-0.05, 0) is 39.7 Å². The number of carbonyl (C=O) groups excluding carboxylic acids is 1. The Kier molecular flexibility index (Phi) is 4.31. The molecule has 0 unspecified atom stereocenters. The van der Waals surface area contributed by atoms with E-state index in [1.165, 1.54) is 0 Å². The zero-order valence-corrected chi connectivity index (χ0v) is 13.8. The van der Waals surface area contributed by atoms with Gasteiger partial charge in [0.05, 0.1) is 12.0 Å². The summed E-state index contributed by atoms with van der Waals surface area (Å²) in [5.74, 6) is -1.16. The molecule has 9 heteroatoms. The molecular formula is C15H21F3N4O2. The van der Waals surface area contributed by atoms with Gasteiger partial charge in [0.2, 0.25) is 11.8 Å². The number of amides is 1. The smallest absolute Gasteiger partial charge is 0.340 e. The third-order valence-corrected chi connectivity index (χ3v) is 4.91. The van der Waals surface area contributed by atoms with Crippen LogP contribution in [0.5, 0.6) is 0 Å². The minimum atomic E-state index is -4.61. The van der Waals surface area contributed by atoms with Gasteiger partial charge in [0.15, 0.2) is 0 Å². The summed E-state index contributed by atoms with van der Waals surface area (Å²) in [6, 6.07) is 0.161. The molecule has 2 aliphatic rings. The van der Waals surface area contributed by atoms with E-state index in [4.69, 9.17) is 4.52 Å². The molecule has 0 saturated carbocycles. The van der Waals surface area contributed by atoms with Crippen molar-refractivity contribution < 1.29 is 22.5 Å². The number of likely N-dealkylation sites (tertiary alicyclic amines) is 2. The Labute approximate surface area is 138 Å². The molecule has 0 radical (unpaired) electrons. The Hall–Kier alpha value is -1.64. The summed E-state index contributed by atoms with van der Waals surface area (Å²) >= 11 is 0. The quantitative estimate of drug-likeness (QED) is 0.840. The average molecular weight is 346 g/mol. The number of alkyl halides is 3. The molecule has 1 spiro atoms. The fourth-order valence-corrected chi connectivity index (χ4v) is 3.69. The van der Waals surface area contributed by atoms with Crippen LogP contribution in [0, 0.1) is 5.41 Å². The highest BCUT2D eigenvalue weighted by molar-refractivity contribution is 5.84. The van der Waals surface area contributed by atoms with E-state index in [0.717, 1.165) is 25.8 Å². The van der Waals surface area contributed by atoms with Crippen LogP contribution in [0.4, 0.5) is 13.2 Å². The average Bonchev–Trinajstić information content (AvgIpc) is 3.10. The van der Waals surface area contributed by atoms with Crippen molar-refractivity contribution in [2.75, 3.05) is 19.6 Å². The Balaban J connectivity index is 1.67. The number of hydrogen-bond donors (Lipinski definition) is 0. The minimum Gasteiger partial charge on any atom is -0.340 e. The van der Waals surface area contributed by atoms with Crippen LogP contribution in [-0.2, 0) is 17.5 Å². The van der Waals surface area contributed by atoms with E-state index in [-0.39, 0.29) is 24.4 Å². The number of hydrogen-bond acceptors (Lipinski definition) is 5. The van der Waals surface area contributed by atoms with E-state index in [0.29, 0.717) is 13.1 Å². The first-order chi connectivity index (χ1) is 11.2. The van der Waals surface area contributed by atoms with Gasteiger partial charge in [0, 0.05) is 19.1 Å². The Bertz CT molecular complexity index is 616. The summed E-state index contributed by atoms with van der Waals surface area (Å²) in [6.07, 6.45) is -2.11.